The Hall–Kier alpha value is -4.23. The second-order valence-electron chi connectivity index (χ2n) is 9.75. The van der Waals surface area contributed by atoms with Gasteiger partial charge in [-0.25, -0.2) is 4.99 Å². The highest BCUT2D eigenvalue weighted by Crippen LogP contribution is 2.37. The van der Waals surface area contributed by atoms with Crippen LogP contribution in [0.15, 0.2) is 103 Å². The van der Waals surface area contributed by atoms with E-state index in [1.54, 1.807) is 12.4 Å². The van der Waals surface area contributed by atoms with Crippen molar-refractivity contribution in [3.05, 3.63) is 115 Å². The number of hydrogen-bond donors (Lipinski definition) is 1. The number of allylic oxidation sites excluding steroid dienone is 1. The average molecular weight is 521 g/mol. The van der Waals surface area contributed by atoms with E-state index in [1.807, 2.05) is 24.5 Å². The summed E-state index contributed by atoms with van der Waals surface area (Å²) >= 11 is 0. The highest BCUT2D eigenvalue weighted by molar-refractivity contribution is 5.86. The summed E-state index contributed by atoms with van der Waals surface area (Å²) in [6, 6.07) is 16.5. The molecule has 1 aromatic carbocycles. The molecule has 0 aliphatic carbocycles. The summed E-state index contributed by atoms with van der Waals surface area (Å²) in [5.74, 6) is 1.94. The van der Waals surface area contributed by atoms with Crippen molar-refractivity contribution in [1.29, 1.82) is 0 Å². The lowest BCUT2D eigenvalue weighted by Gasteiger charge is -2.29. The maximum atomic E-state index is 5.55. The third kappa shape index (κ3) is 6.44. The molecule has 3 aromatic rings. The first-order valence-electron chi connectivity index (χ1n) is 13.5. The summed E-state index contributed by atoms with van der Waals surface area (Å²) in [5, 5.41) is 3.47. The van der Waals surface area contributed by atoms with Crippen LogP contribution in [0.1, 0.15) is 30.0 Å². The lowest BCUT2D eigenvalue weighted by atomic mass is 9.96. The third-order valence-electron chi connectivity index (χ3n) is 7.20. The summed E-state index contributed by atoms with van der Waals surface area (Å²) < 4.78 is 5.55. The molecule has 5 rings (SSSR count). The molecule has 0 bridgehead atoms. The van der Waals surface area contributed by atoms with Crippen LogP contribution >= 0.6 is 0 Å². The van der Waals surface area contributed by atoms with Gasteiger partial charge >= 0.3 is 0 Å². The van der Waals surface area contributed by atoms with Crippen molar-refractivity contribution in [3.8, 4) is 0 Å². The molecule has 0 spiro atoms. The van der Waals surface area contributed by atoms with E-state index in [0.717, 1.165) is 97.5 Å². The van der Waals surface area contributed by atoms with Gasteiger partial charge in [0.15, 0.2) is 0 Å². The molecule has 0 radical (unpaired) electrons. The van der Waals surface area contributed by atoms with Crippen LogP contribution in [0.3, 0.4) is 0 Å². The molecular formula is C32H36N6O. The van der Waals surface area contributed by atoms with Crippen LogP contribution in [0.5, 0.6) is 0 Å². The van der Waals surface area contributed by atoms with E-state index < -0.39 is 0 Å². The molecule has 2 aromatic heterocycles. The van der Waals surface area contributed by atoms with Gasteiger partial charge in [-0.3, -0.25) is 9.97 Å². The Labute approximate surface area is 231 Å². The predicted molar refractivity (Wildman–Crippen MR) is 159 cm³/mol. The number of anilines is 1. The molecule has 7 nitrogen and oxygen atoms in total. The van der Waals surface area contributed by atoms with Crippen molar-refractivity contribution in [2.75, 3.05) is 44.3 Å². The van der Waals surface area contributed by atoms with E-state index in [9.17, 15) is 0 Å². The first-order chi connectivity index (χ1) is 19.1. The molecule has 1 N–H and O–H groups in total. The van der Waals surface area contributed by atoms with E-state index in [1.165, 1.54) is 5.56 Å². The largest absolute Gasteiger partial charge is 0.385 e. The standard InChI is InChI=1S/C32H36N6O/c1-24(28-8-4-9-29(21-28)25(2)35-15-11-27-7-5-13-33-22-27)31-12-16-38(30-10-6-14-34-23-30)32(31)36-26(3)37-17-19-39-20-18-37/h4-10,13-14,21-23,35H,1-2,11-12,15-20H2,3H3/b36-26+. The first-order valence-corrected chi connectivity index (χ1v) is 13.5. The van der Waals surface area contributed by atoms with Crippen molar-refractivity contribution in [2.45, 2.75) is 19.8 Å². The number of nitrogens with one attached hydrogen (secondary N) is 1. The second kappa shape index (κ2) is 12.5. The Kier molecular flexibility index (Phi) is 8.48. The summed E-state index contributed by atoms with van der Waals surface area (Å²) in [4.78, 5) is 18.3. The number of aromatic nitrogens is 2. The Morgan fingerprint density at radius 3 is 2.49 bits per heavy atom. The molecule has 39 heavy (non-hydrogen) atoms. The van der Waals surface area contributed by atoms with Gasteiger partial charge in [0.05, 0.1) is 25.1 Å². The maximum absolute atomic E-state index is 5.55. The highest BCUT2D eigenvalue weighted by Gasteiger charge is 2.27. The van der Waals surface area contributed by atoms with Gasteiger partial charge in [0, 0.05) is 56.0 Å². The average Bonchev–Trinajstić information content (AvgIpc) is 3.41. The van der Waals surface area contributed by atoms with Gasteiger partial charge in [0.1, 0.15) is 11.7 Å². The van der Waals surface area contributed by atoms with Crippen molar-refractivity contribution >= 4 is 22.8 Å². The molecule has 200 valence electrons. The number of pyridine rings is 2. The molecule has 1 fully saturated rings. The maximum Gasteiger partial charge on any atom is 0.138 e. The molecule has 0 unspecified atom stereocenters. The van der Waals surface area contributed by atoms with E-state index in [2.05, 4.69) is 81.6 Å². The number of nitrogens with zero attached hydrogens (tertiary/aromatic N) is 5. The van der Waals surface area contributed by atoms with Gasteiger partial charge in [-0.15, -0.1) is 0 Å². The molecule has 1 saturated heterocycles. The van der Waals surface area contributed by atoms with Crippen LogP contribution in [-0.4, -0.2) is 60.1 Å². The van der Waals surface area contributed by atoms with Crippen LogP contribution < -0.4 is 10.2 Å². The molecule has 2 aliphatic heterocycles. The fraction of sp³-hybridized carbons (Fsp3) is 0.281. The van der Waals surface area contributed by atoms with E-state index in [-0.39, 0.29) is 0 Å². The number of ether oxygens (including phenoxy) is 1. The van der Waals surface area contributed by atoms with Crippen LogP contribution in [0.4, 0.5) is 5.69 Å². The first kappa shape index (κ1) is 26.4. The summed E-state index contributed by atoms with van der Waals surface area (Å²) in [6.45, 7) is 15.7. The van der Waals surface area contributed by atoms with Gasteiger partial charge in [-0.1, -0.05) is 37.4 Å². The zero-order valence-electron chi connectivity index (χ0n) is 22.6. The topological polar surface area (TPSA) is 65.9 Å². The lowest BCUT2D eigenvalue weighted by Crippen LogP contribution is -2.39. The Morgan fingerprint density at radius 2 is 1.74 bits per heavy atom. The molecule has 0 atom stereocenters. The zero-order valence-corrected chi connectivity index (χ0v) is 22.6. The van der Waals surface area contributed by atoms with Gasteiger partial charge in [-0.05, 0) is 66.3 Å². The number of hydrogen-bond acceptors (Lipinski definition) is 6. The lowest BCUT2D eigenvalue weighted by molar-refractivity contribution is 0.0678. The van der Waals surface area contributed by atoms with Crippen molar-refractivity contribution in [3.63, 3.8) is 0 Å². The number of morpholine rings is 1. The summed E-state index contributed by atoms with van der Waals surface area (Å²) in [7, 11) is 0. The Bertz CT molecular complexity index is 1360. The van der Waals surface area contributed by atoms with Crippen LogP contribution in [0, 0.1) is 0 Å². The van der Waals surface area contributed by atoms with Crippen LogP contribution in [-0.2, 0) is 11.2 Å². The van der Waals surface area contributed by atoms with Gasteiger partial charge < -0.3 is 19.9 Å². The van der Waals surface area contributed by atoms with Crippen molar-refractivity contribution in [1.82, 2.24) is 20.2 Å². The highest BCUT2D eigenvalue weighted by atomic mass is 16.5. The monoisotopic (exact) mass is 520 g/mol. The van der Waals surface area contributed by atoms with Crippen molar-refractivity contribution in [2.24, 2.45) is 4.99 Å². The minimum Gasteiger partial charge on any atom is -0.385 e. The number of benzene rings is 1. The Balaban J connectivity index is 1.38. The third-order valence-corrected chi connectivity index (χ3v) is 7.20. The number of amidine groups is 1. The molecule has 7 heteroatoms. The minimum absolute atomic E-state index is 0.727. The van der Waals surface area contributed by atoms with E-state index >= 15 is 0 Å². The molecule has 0 amide bonds. The summed E-state index contributed by atoms with van der Waals surface area (Å²) in [6.07, 6.45) is 9.14. The number of aliphatic imine (C=N–C) groups is 1. The van der Waals surface area contributed by atoms with E-state index in [4.69, 9.17) is 9.73 Å². The van der Waals surface area contributed by atoms with Gasteiger partial charge in [0.25, 0.3) is 0 Å². The fourth-order valence-corrected chi connectivity index (χ4v) is 4.97. The fourth-order valence-electron chi connectivity index (χ4n) is 4.97. The summed E-state index contributed by atoms with van der Waals surface area (Å²) in [5.41, 5.74) is 7.39. The van der Waals surface area contributed by atoms with Crippen LogP contribution in [0.2, 0.25) is 0 Å². The van der Waals surface area contributed by atoms with Gasteiger partial charge in [-0.2, -0.15) is 0 Å². The molecule has 2 aliphatic rings. The zero-order chi connectivity index (χ0) is 27.0. The van der Waals surface area contributed by atoms with E-state index in [0.29, 0.717) is 0 Å². The smallest absolute Gasteiger partial charge is 0.138 e. The van der Waals surface area contributed by atoms with Gasteiger partial charge in [0.2, 0.25) is 0 Å². The molecular weight excluding hydrogens is 484 g/mol. The SMILES string of the molecule is C=C(NCCc1cccnc1)c1cccc(C(=C)C2=C(/N=C(\C)N3CCOCC3)N(c3cccnc3)CC2)c1. The minimum atomic E-state index is 0.727. The number of rotatable bonds is 9. The second-order valence-corrected chi connectivity index (χ2v) is 9.75. The quantitative estimate of drug-likeness (QED) is 0.310. The molecule has 4 heterocycles. The van der Waals surface area contributed by atoms with Crippen molar-refractivity contribution < 1.29 is 4.74 Å². The van der Waals surface area contributed by atoms with Crippen LogP contribution in [0.25, 0.3) is 11.3 Å². The predicted octanol–water partition coefficient (Wildman–Crippen LogP) is 5.17. The molecule has 0 saturated carbocycles. The normalized spacial score (nSPS) is 16.0. The Morgan fingerprint density at radius 1 is 0.974 bits per heavy atom.